The highest BCUT2D eigenvalue weighted by atomic mass is 32.1. The Labute approximate surface area is 138 Å². The minimum Gasteiger partial charge on any atom is -0.381 e. The van der Waals surface area contributed by atoms with E-state index in [9.17, 15) is 4.79 Å². The average Bonchev–Trinajstić information content (AvgIpc) is 3.15. The molecule has 2 amide bonds. The van der Waals surface area contributed by atoms with Crippen molar-refractivity contribution in [1.29, 1.82) is 0 Å². The van der Waals surface area contributed by atoms with E-state index in [2.05, 4.69) is 20.8 Å². The second kappa shape index (κ2) is 7.10. The predicted molar refractivity (Wildman–Crippen MR) is 86.5 cm³/mol. The van der Waals surface area contributed by atoms with Crippen molar-refractivity contribution in [2.24, 2.45) is 5.92 Å². The van der Waals surface area contributed by atoms with Crippen molar-refractivity contribution in [3.05, 3.63) is 28.0 Å². The average molecular weight is 336 g/mol. The van der Waals surface area contributed by atoms with Crippen LogP contribution in [0.25, 0.3) is 0 Å². The number of amides is 2. The molecule has 0 spiro atoms. The van der Waals surface area contributed by atoms with Gasteiger partial charge in [0.1, 0.15) is 6.04 Å². The fourth-order valence-corrected chi connectivity index (χ4v) is 3.44. The Balaban J connectivity index is 1.72. The van der Waals surface area contributed by atoms with Gasteiger partial charge in [0.2, 0.25) is 5.89 Å². The van der Waals surface area contributed by atoms with Crippen LogP contribution in [0.4, 0.5) is 10.5 Å². The summed E-state index contributed by atoms with van der Waals surface area (Å²) in [6.45, 7) is 5.09. The molecular formula is C15H20N4O3S. The van der Waals surface area contributed by atoms with E-state index in [1.165, 1.54) is 0 Å². The minimum absolute atomic E-state index is 0.220. The molecule has 2 aromatic heterocycles. The molecule has 0 aromatic carbocycles. The second-order valence-electron chi connectivity index (χ2n) is 5.67. The van der Waals surface area contributed by atoms with Gasteiger partial charge in [0.25, 0.3) is 0 Å². The van der Waals surface area contributed by atoms with Crippen LogP contribution in [0.5, 0.6) is 0 Å². The molecule has 1 fully saturated rings. The Morgan fingerprint density at radius 3 is 2.74 bits per heavy atom. The lowest BCUT2D eigenvalue weighted by Crippen LogP contribution is -2.38. The van der Waals surface area contributed by atoms with Crippen molar-refractivity contribution >= 4 is 23.1 Å². The topological polar surface area (TPSA) is 89.3 Å². The fraction of sp³-hybridized carbons (Fsp3) is 0.533. The van der Waals surface area contributed by atoms with E-state index in [1.807, 2.05) is 17.7 Å². The summed E-state index contributed by atoms with van der Waals surface area (Å²) in [4.78, 5) is 16.7. The number of hydrogen-bond acceptors (Lipinski definition) is 6. The SMILES string of the molecule is Cc1noc([C@H](NC(=O)Nc2cscc2C)C2CCOCC2)n1. The zero-order chi connectivity index (χ0) is 16.2. The Morgan fingerprint density at radius 2 is 2.13 bits per heavy atom. The number of thiophene rings is 1. The maximum absolute atomic E-state index is 12.4. The largest absolute Gasteiger partial charge is 0.381 e. The summed E-state index contributed by atoms with van der Waals surface area (Å²) in [7, 11) is 0. The van der Waals surface area contributed by atoms with Crippen LogP contribution in [0.1, 0.15) is 36.2 Å². The van der Waals surface area contributed by atoms with Crippen LogP contribution >= 0.6 is 11.3 Å². The molecule has 0 radical (unpaired) electrons. The number of nitrogens with zero attached hydrogens (tertiary/aromatic N) is 2. The maximum Gasteiger partial charge on any atom is 0.319 e. The molecule has 1 aliphatic rings. The summed E-state index contributed by atoms with van der Waals surface area (Å²) in [5.41, 5.74) is 1.86. The van der Waals surface area contributed by atoms with Crippen molar-refractivity contribution in [2.75, 3.05) is 18.5 Å². The highest BCUT2D eigenvalue weighted by Gasteiger charge is 2.31. The van der Waals surface area contributed by atoms with Crippen LogP contribution in [0.2, 0.25) is 0 Å². The van der Waals surface area contributed by atoms with E-state index in [-0.39, 0.29) is 18.0 Å². The number of aromatic nitrogens is 2. The summed E-state index contributed by atoms with van der Waals surface area (Å²) in [6, 6.07) is -0.571. The van der Waals surface area contributed by atoms with Gasteiger partial charge in [-0.1, -0.05) is 5.16 Å². The Morgan fingerprint density at radius 1 is 1.35 bits per heavy atom. The van der Waals surface area contributed by atoms with Gasteiger partial charge >= 0.3 is 6.03 Å². The molecule has 3 rings (SSSR count). The quantitative estimate of drug-likeness (QED) is 0.896. The molecule has 0 unspecified atom stereocenters. The van der Waals surface area contributed by atoms with Crippen LogP contribution in [0.15, 0.2) is 15.3 Å². The Hall–Kier alpha value is -1.93. The normalized spacial score (nSPS) is 17.0. The van der Waals surface area contributed by atoms with E-state index < -0.39 is 0 Å². The molecule has 0 aliphatic carbocycles. The number of ether oxygens (including phenoxy) is 1. The minimum atomic E-state index is -0.306. The summed E-state index contributed by atoms with van der Waals surface area (Å²) >= 11 is 1.55. The van der Waals surface area contributed by atoms with Gasteiger partial charge in [-0.15, -0.1) is 11.3 Å². The van der Waals surface area contributed by atoms with E-state index in [0.717, 1.165) is 24.1 Å². The zero-order valence-electron chi connectivity index (χ0n) is 13.2. The lowest BCUT2D eigenvalue weighted by Gasteiger charge is -2.28. The van der Waals surface area contributed by atoms with Crippen molar-refractivity contribution in [3.8, 4) is 0 Å². The number of urea groups is 1. The molecule has 1 saturated heterocycles. The predicted octanol–water partition coefficient (Wildman–Crippen LogP) is 3.04. The van der Waals surface area contributed by atoms with Gasteiger partial charge in [0, 0.05) is 18.6 Å². The fourth-order valence-electron chi connectivity index (χ4n) is 2.66. The van der Waals surface area contributed by atoms with Crippen LogP contribution < -0.4 is 10.6 Å². The third-order valence-corrected chi connectivity index (χ3v) is 4.80. The van der Waals surface area contributed by atoms with Gasteiger partial charge in [-0.25, -0.2) is 4.79 Å². The van der Waals surface area contributed by atoms with Crippen molar-refractivity contribution in [3.63, 3.8) is 0 Å². The van der Waals surface area contributed by atoms with Crippen LogP contribution in [-0.2, 0) is 4.74 Å². The van der Waals surface area contributed by atoms with Crippen molar-refractivity contribution in [1.82, 2.24) is 15.5 Å². The van der Waals surface area contributed by atoms with Crippen LogP contribution in [0.3, 0.4) is 0 Å². The molecule has 7 nitrogen and oxygen atoms in total. The van der Waals surface area contributed by atoms with E-state index in [4.69, 9.17) is 9.26 Å². The highest BCUT2D eigenvalue weighted by Crippen LogP contribution is 2.29. The number of aryl methyl sites for hydroxylation is 2. The number of carbonyl (C=O) groups is 1. The number of carbonyl (C=O) groups excluding carboxylic acids is 1. The van der Waals surface area contributed by atoms with E-state index >= 15 is 0 Å². The third kappa shape index (κ3) is 3.89. The molecule has 2 aromatic rings. The van der Waals surface area contributed by atoms with Gasteiger partial charge in [0.15, 0.2) is 5.82 Å². The first-order valence-electron chi connectivity index (χ1n) is 7.61. The molecule has 124 valence electrons. The smallest absolute Gasteiger partial charge is 0.319 e. The van der Waals surface area contributed by atoms with Gasteiger partial charge in [-0.2, -0.15) is 4.98 Å². The van der Waals surface area contributed by atoms with Gasteiger partial charge in [-0.3, -0.25) is 0 Å². The highest BCUT2D eigenvalue weighted by molar-refractivity contribution is 7.08. The lowest BCUT2D eigenvalue weighted by molar-refractivity contribution is 0.0506. The summed E-state index contributed by atoms with van der Waals surface area (Å²) in [5.74, 6) is 1.23. The van der Waals surface area contributed by atoms with E-state index in [1.54, 1.807) is 18.3 Å². The molecule has 3 heterocycles. The van der Waals surface area contributed by atoms with Gasteiger partial charge in [0.05, 0.1) is 5.69 Å². The monoisotopic (exact) mass is 336 g/mol. The van der Waals surface area contributed by atoms with Crippen LogP contribution in [0, 0.1) is 19.8 Å². The number of hydrogen-bond donors (Lipinski definition) is 2. The molecule has 23 heavy (non-hydrogen) atoms. The van der Waals surface area contributed by atoms with Crippen LogP contribution in [-0.4, -0.2) is 29.4 Å². The molecular weight excluding hydrogens is 316 g/mol. The molecule has 0 saturated carbocycles. The van der Waals surface area contributed by atoms with Gasteiger partial charge < -0.3 is 19.9 Å². The Kier molecular flexibility index (Phi) is 4.92. The number of nitrogens with one attached hydrogen (secondary N) is 2. The molecule has 1 atom stereocenters. The molecule has 8 heteroatoms. The standard InChI is InChI=1S/C15H20N4O3S/c1-9-7-23-8-12(9)17-15(20)18-13(11-3-5-21-6-4-11)14-16-10(2)19-22-14/h7-8,11,13H,3-6H2,1-2H3,(H2,17,18,20)/t13-/m1/s1. The second-order valence-corrected chi connectivity index (χ2v) is 6.42. The molecule has 1 aliphatic heterocycles. The zero-order valence-corrected chi connectivity index (χ0v) is 14.0. The van der Waals surface area contributed by atoms with E-state index in [0.29, 0.717) is 24.9 Å². The summed E-state index contributed by atoms with van der Waals surface area (Å²) < 4.78 is 10.7. The summed E-state index contributed by atoms with van der Waals surface area (Å²) in [6.07, 6.45) is 1.70. The van der Waals surface area contributed by atoms with Crippen molar-refractivity contribution < 1.29 is 14.1 Å². The number of anilines is 1. The first-order chi connectivity index (χ1) is 11.1. The number of rotatable bonds is 4. The maximum atomic E-state index is 12.4. The summed E-state index contributed by atoms with van der Waals surface area (Å²) in [5, 5.41) is 13.6. The molecule has 2 N–H and O–H groups in total. The first kappa shape index (κ1) is 15.9. The lowest BCUT2D eigenvalue weighted by atomic mass is 9.91. The Bertz CT molecular complexity index is 663. The van der Waals surface area contributed by atoms with Gasteiger partial charge in [-0.05, 0) is 43.6 Å². The van der Waals surface area contributed by atoms with Crippen molar-refractivity contribution in [2.45, 2.75) is 32.7 Å². The third-order valence-electron chi connectivity index (χ3n) is 3.94. The molecule has 0 bridgehead atoms. The first-order valence-corrected chi connectivity index (χ1v) is 8.56.